The topological polar surface area (TPSA) is 146 Å². The Hall–Kier alpha value is -3.03. The second kappa shape index (κ2) is 11.6. The van der Waals surface area contributed by atoms with Crippen LogP contribution in [0.5, 0.6) is 0 Å². The van der Waals surface area contributed by atoms with Gasteiger partial charge in [0.05, 0.1) is 37.0 Å². The van der Waals surface area contributed by atoms with Crippen LogP contribution in [0.1, 0.15) is 53.2 Å². The molecule has 4 rings (SSSR count). The summed E-state index contributed by atoms with van der Waals surface area (Å²) in [4.78, 5) is 31.3. The fraction of sp³-hybridized carbons (Fsp3) is 0.500. The lowest BCUT2D eigenvalue weighted by atomic mass is 9.82. The number of nitrogens with zero attached hydrogens (tertiary/aromatic N) is 3. The first-order valence-electron chi connectivity index (χ1n) is 12.9. The molecule has 0 radical (unpaired) electrons. The summed E-state index contributed by atoms with van der Waals surface area (Å²) in [7, 11) is -8.01. The lowest BCUT2D eigenvalue weighted by Gasteiger charge is -2.46. The zero-order chi connectivity index (χ0) is 28.4. The van der Waals surface area contributed by atoms with Crippen LogP contribution >= 0.6 is 0 Å². The van der Waals surface area contributed by atoms with E-state index in [1.807, 2.05) is 19.1 Å². The van der Waals surface area contributed by atoms with Crippen molar-refractivity contribution in [3.8, 4) is 0 Å². The Morgan fingerprint density at radius 3 is 2.23 bits per heavy atom. The molecule has 2 heterocycles. The van der Waals surface area contributed by atoms with Crippen LogP contribution in [0.4, 0.5) is 5.69 Å². The molecule has 13 heteroatoms. The molecule has 2 aliphatic rings. The van der Waals surface area contributed by atoms with Crippen LogP contribution in [0.3, 0.4) is 0 Å². The SMILES string of the molecule is Cc1cccc(C(=O)NCC(=O)NC2CN(C3CCC(c4ccc(N(S(C)(=O)=O)S(C)(=O)=O)cn4)CC3)C2)c1. The van der Waals surface area contributed by atoms with Gasteiger partial charge in [-0.15, -0.1) is 0 Å². The maximum atomic E-state index is 12.3. The normalized spacial score (nSPS) is 20.6. The van der Waals surface area contributed by atoms with Gasteiger partial charge in [-0.2, -0.15) is 3.71 Å². The van der Waals surface area contributed by atoms with Crippen LogP contribution in [-0.2, 0) is 24.8 Å². The number of rotatable bonds is 9. The van der Waals surface area contributed by atoms with Crippen molar-refractivity contribution in [2.45, 2.75) is 50.6 Å². The predicted octanol–water partition coefficient (Wildman–Crippen LogP) is 1.37. The van der Waals surface area contributed by atoms with E-state index < -0.39 is 20.0 Å². The van der Waals surface area contributed by atoms with Crippen molar-refractivity contribution >= 4 is 37.5 Å². The van der Waals surface area contributed by atoms with Gasteiger partial charge < -0.3 is 10.6 Å². The number of likely N-dealkylation sites (tertiary alicyclic amines) is 1. The molecule has 212 valence electrons. The number of aromatic nitrogens is 1. The number of amides is 2. The van der Waals surface area contributed by atoms with Crippen molar-refractivity contribution in [3.05, 3.63) is 59.4 Å². The third-order valence-electron chi connectivity index (χ3n) is 7.18. The minimum absolute atomic E-state index is 0.000771. The van der Waals surface area contributed by atoms with Gasteiger partial charge >= 0.3 is 0 Å². The summed E-state index contributed by atoms with van der Waals surface area (Å²) >= 11 is 0. The van der Waals surface area contributed by atoms with Crippen molar-refractivity contribution in [2.24, 2.45) is 0 Å². The van der Waals surface area contributed by atoms with Crippen molar-refractivity contribution in [3.63, 3.8) is 0 Å². The number of benzene rings is 1. The van der Waals surface area contributed by atoms with E-state index in [9.17, 15) is 26.4 Å². The summed E-state index contributed by atoms with van der Waals surface area (Å²) in [5.74, 6) is -0.258. The second-order valence-electron chi connectivity index (χ2n) is 10.4. The molecule has 2 amide bonds. The average molecular weight is 578 g/mol. The summed E-state index contributed by atoms with van der Waals surface area (Å²) in [5, 5.41) is 5.64. The first-order valence-corrected chi connectivity index (χ1v) is 16.6. The number of carbonyl (C=O) groups excluding carboxylic acids is 2. The van der Waals surface area contributed by atoms with Gasteiger partial charge in [-0.25, -0.2) is 16.8 Å². The number of nitrogens with one attached hydrogen (secondary N) is 2. The van der Waals surface area contributed by atoms with Crippen LogP contribution in [0.15, 0.2) is 42.6 Å². The maximum Gasteiger partial charge on any atom is 0.251 e. The van der Waals surface area contributed by atoms with Gasteiger partial charge in [0.1, 0.15) is 0 Å². The third-order valence-corrected chi connectivity index (χ3v) is 10.4. The highest BCUT2D eigenvalue weighted by atomic mass is 32.3. The fourth-order valence-electron chi connectivity index (χ4n) is 5.34. The second-order valence-corrected chi connectivity index (χ2v) is 14.3. The molecule has 11 nitrogen and oxygen atoms in total. The number of aryl methyl sites for hydroxylation is 1. The molecule has 1 aromatic carbocycles. The first-order chi connectivity index (χ1) is 18.3. The lowest BCUT2D eigenvalue weighted by Crippen LogP contribution is -2.63. The number of hydrogen-bond donors (Lipinski definition) is 2. The van der Waals surface area contributed by atoms with Crippen molar-refractivity contribution < 1.29 is 26.4 Å². The van der Waals surface area contributed by atoms with Gasteiger partial charge in [0, 0.05) is 36.3 Å². The summed E-state index contributed by atoms with van der Waals surface area (Å²) in [5.41, 5.74) is 2.33. The van der Waals surface area contributed by atoms with Crippen LogP contribution in [0, 0.1) is 6.92 Å². The monoisotopic (exact) mass is 577 g/mol. The summed E-state index contributed by atoms with van der Waals surface area (Å²) in [6, 6.07) is 10.9. The molecule has 0 atom stereocenters. The van der Waals surface area contributed by atoms with E-state index in [-0.39, 0.29) is 36.0 Å². The van der Waals surface area contributed by atoms with E-state index in [0.717, 1.165) is 62.5 Å². The molecule has 1 saturated carbocycles. The Labute approximate surface area is 230 Å². The van der Waals surface area contributed by atoms with E-state index in [4.69, 9.17) is 0 Å². The van der Waals surface area contributed by atoms with Crippen LogP contribution in [0.2, 0.25) is 0 Å². The number of pyridine rings is 1. The lowest BCUT2D eigenvalue weighted by molar-refractivity contribution is -0.122. The Morgan fingerprint density at radius 1 is 1.00 bits per heavy atom. The van der Waals surface area contributed by atoms with E-state index in [1.54, 1.807) is 18.2 Å². The highest BCUT2D eigenvalue weighted by molar-refractivity contribution is 8.09. The predicted molar refractivity (Wildman–Crippen MR) is 148 cm³/mol. The van der Waals surface area contributed by atoms with Gasteiger partial charge in [-0.3, -0.25) is 19.5 Å². The minimum atomic E-state index is -4.00. The molecule has 1 saturated heterocycles. The average Bonchev–Trinajstić information content (AvgIpc) is 2.83. The molecular weight excluding hydrogens is 542 g/mol. The Balaban J connectivity index is 1.20. The molecule has 39 heavy (non-hydrogen) atoms. The first kappa shape index (κ1) is 29.0. The van der Waals surface area contributed by atoms with Crippen LogP contribution in [0.25, 0.3) is 0 Å². The third kappa shape index (κ3) is 7.34. The molecule has 1 aliphatic heterocycles. The van der Waals surface area contributed by atoms with E-state index >= 15 is 0 Å². The summed E-state index contributed by atoms with van der Waals surface area (Å²) in [6.07, 6.45) is 6.77. The highest BCUT2D eigenvalue weighted by Crippen LogP contribution is 2.36. The molecule has 2 aromatic rings. The maximum absolute atomic E-state index is 12.3. The largest absolute Gasteiger partial charge is 0.349 e. The quantitative estimate of drug-likeness (QED) is 0.455. The molecule has 1 aliphatic carbocycles. The number of anilines is 1. The molecule has 2 fully saturated rings. The zero-order valence-corrected chi connectivity index (χ0v) is 24.0. The van der Waals surface area contributed by atoms with E-state index in [1.165, 1.54) is 12.3 Å². The molecule has 0 unspecified atom stereocenters. The molecule has 2 N–H and O–H groups in total. The molecular formula is C26H35N5O6S2. The zero-order valence-electron chi connectivity index (χ0n) is 22.3. The number of hydrogen-bond acceptors (Lipinski definition) is 8. The van der Waals surface area contributed by atoms with Gasteiger partial charge in [0.15, 0.2) is 0 Å². The molecule has 0 bridgehead atoms. The summed E-state index contributed by atoms with van der Waals surface area (Å²) in [6.45, 7) is 3.39. The van der Waals surface area contributed by atoms with E-state index in [0.29, 0.717) is 15.3 Å². The van der Waals surface area contributed by atoms with Crippen LogP contribution < -0.4 is 14.3 Å². The van der Waals surface area contributed by atoms with E-state index in [2.05, 4.69) is 20.5 Å². The minimum Gasteiger partial charge on any atom is -0.349 e. The molecule has 0 spiro atoms. The number of sulfonamides is 2. The van der Waals surface area contributed by atoms with Gasteiger partial charge in [-0.1, -0.05) is 17.7 Å². The van der Waals surface area contributed by atoms with Crippen molar-refractivity contribution in [1.29, 1.82) is 0 Å². The fourth-order valence-corrected chi connectivity index (χ4v) is 8.29. The van der Waals surface area contributed by atoms with Crippen molar-refractivity contribution in [2.75, 3.05) is 35.9 Å². The smallest absolute Gasteiger partial charge is 0.251 e. The van der Waals surface area contributed by atoms with Crippen molar-refractivity contribution in [1.82, 2.24) is 20.5 Å². The van der Waals surface area contributed by atoms with Gasteiger partial charge in [-0.05, 0) is 56.9 Å². The van der Waals surface area contributed by atoms with Gasteiger partial charge in [0.25, 0.3) is 5.91 Å². The molecule has 1 aromatic heterocycles. The summed E-state index contributed by atoms with van der Waals surface area (Å²) < 4.78 is 48.3. The Kier molecular flexibility index (Phi) is 8.62. The standard InChI is InChI=1S/C26H35N5O6S2/c1-18-5-4-6-20(13-18)26(33)28-15-25(32)29-21-16-30(17-21)22-9-7-19(8-10-22)24-12-11-23(14-27-24)31(38(2,34)35)39(3,36)37/h4-6,11-14,19,21-22H,7-10,15-17H2,1-3H3,(H,28,33)(H,29,32). The van der Waals surface area contributed by atoms with Gasteiger partial charge in [0.2, 0.25) is 26.0 Å². The number of carbonyl (C=O) groups is 2. The Morgan fingerprint density at radius 2 is 1.67 bits per heavy atom. The van der Waals surface area contributed by atoms with Crippen LogP contribution in [-0.4, -0.2) is 82.8 Å². The Bertz CT molecular complexity index is 1380. The highest BCUT2D eigenvalue weighted by Gasteiger charge is 2.36.